The summed E-state index contributed by atoms with van der Waals surface area (Å²) in [5.41, 5.74) is 0. The van der Waals surface area contributed by atoms with Crippen molar-refractivity contribution < 1.29 is 19.8 Å². The van der Waals surface area contributed by atoms with Crippen LogP contribution in [0.5, 0.6) is 0 Å². The molecule has 1 heterocycles. The van der Waals surface area contributed by atoms with Gasteiger partial charge in [0.05, 0.1) is 10.9 Å². The van der Waals surface area contributed by atoms with E-state index in [1.807, 2.05) is 6.07 Å². The zero-order valence-corrected chi connectivity index (χ0v) is 10.9. The molecule has 0 radical (unpaired) electrons. The lowest BCUT2D eigenvalue weighted by atomic mass is 10.3. The molecule has 0 saturated carbocycles. The number of aliphatic hydroxyl groups is 1. The van der Waals surface area contributed by atoms with Crippen LogP contribution in [-0.4, -0.2) is 41.4 Å². The smallest absolute Gasteiger partial charge is 0.328 e. The number of thiophene rings is 1. The van der Waals surface area contributed by atoms with Crippen LogP contribution in [0, 0.1) is 0 Å². The van der Waals surface area contributed by atoms with Crippen LogP contribution in [0.2, 0.25) is 4.34 Å². The van der Waals surface area contributed by atoms with Crippen molar-refractivity contribution in [3.05, 3.63) is 21.3 Å². The number of rotatable bonds is 6. The summed E-state index contributed by atoms with van der Waals surface area (Å²) < 4.78 is 0.681. The molecule has 18 heavy (non-hydrogen) atoms. The fraction of sp³-hybridized carbons (Fsp3) is 0.400. The molecule has 1 unspecified atom stereocenters. The van der Waals surface area contributed by atoms with Crippen LogP contribution in [0.3, 0.4) is 0 Å². The molecule has 0 fully saturated rings. The maximum absolute atomic E-state index is 11.3. The molecule has 100 valence electrons. The number of halogens is 1. The molecular formula is C10H13ClN2O4S. The van der Waals surface area contributed by atoms with Gasteiger partial charge in [0.15, 0.2) is 6.04 Å². The third kappa shape index (κ3) is 4.91. The predicted molar refractivity (Wildman–Crippen MR) is 68.1 cm³/mol. The summed E-state index contributed by atoms with van der Waals surface area (Å²) in [6, 6.07) is 1.72. The van der Waals surface area contributed by atoms with Crippen molar-refractivity contribution in [3.63, 3.8) is 0 Å². The molecule has 0 aliphatic heterocycles. The predicted octanol–water partition coefficient (Wildman–Crippen LogP) is 0.689. The molecular weight excluding hydrogens is 280 g/mol. The van der Waals surface area contributed by atoms with E-state index in [-0.39, 0.29) is 0 Å². The van der Waals surface area contributed by atoms with E-state index < -0.39 is 24.6 Å². The fourth-order valence-electron chi connectivity index (χ4n) is 1.18. The Hall–Kier alpha value is -1.31. The highest BCUT2D eigenvalue weighted by atomic mass is 35.5. The molecule has 0 aliphatic carbocycles. The summed E-state index contributed by atoms with van der Waals surface area (Å²) in [5, 5.41) is 22.0. The standard InChI is InChI=1S/C10H13ClN2O4S/c11-8-2-1-6(18-8)3-4-12-10(17)13-7(5-14)9(15)16/h1-2,7,14H,3-5H2,(H,15,16)(H2,12,13,17). The van der Waals surface area contributed by atoms with Crippen LogP contribution in [0.15, 0.2) is 12.1 Å². The van der Waals surface area contributed by atoms with Gasteiger partial charge in [-0.3, -0.25) is 0 Å². The minimum absolute atomic E-state index is 0.362. The first kappa shape index (κ1) is 14.7. The van der Waals surface area contributed by atoms with Crippen molar-refractivity contribution in [3.8, 4) is 0 Å². The number of hydrogen-bond acceptors (Lipinski definition) is 4. The van der Waals surface area contributed by atoms with E-state index >= 15 is 0 Å². The average Bonchev–Trinajstić information content (AvgIpc) is 2.71. The lowest BCUT2D eigenvalue weighted by molar-refractivity contribution is -0.140. The third-order valence-corrected chi connectivity index (χ3v) is 3.36. The summed E-state index contributed by atoms with van der Waals surface area (Å²) in [5.74, 6) is -1.28. The lowest BCUT2D eigenvalue weighted by Gasteiger charge is -2.12. The Morgan fingerprint density at radius 2 is 2.17 bits per heavy atom. The molecule has 0 bridgehead atoms. The van der Waals surface area contributed by atoms with Crippen molar-refractivity contribution in [2.75, 3.05) is 13.2 Å². The minimum Gasteiger partial charge on any atom is -0.480 e. The Morgan fingerprint density at radius 1 is 1.44 bits per heavy atom. The third-order valence-electron chi connectivity index (χ3n) is 2.07. The Balaban J connectivity index is 2.26. The van der Waals surface area contributed by atoms with E-state index in [2.05, 4.69) is 10.6 Å². The van der Waals surface area contributed by atoms with E-state index in [1.165, 1.54) is 11.3 Å². The minimum atomic E-state index is -1.29. The number of carbonyl (C=O) groups is 2. The van der Waals surface area contributed by atoms with Gasteiger partial charge in [0.2, 0.25) is 0 Å². The number of carboxylic acid groups (broad SMARTS) is 1. The van der Waals surface area contributed by atoms with E-state index in [0.717, 1.165) is 4.88 Å². The molecule has 0 saturated heterocycles. The first-order valence-corrected chi connectivity index (χ1v) is 6.34. The van der Waals surface area contributed by atoms with Crippen molar-refractivity contribution in [1.29, 1.82) is 0 Å². The molecule has 6 nitrogen and oxygen atoms in total. The normalized spacial score (nSPS) is 11.9. The summed E-state index contributed by atoms with van der Waals surface area (Å²) in [7, 11) is 0. The topological polar surface area (TPSA) is 98.7 Å². The quantitative estimate of drug-likeness (QED) is 0.620. The number of amides is 2. The molecule has 1 aromatic heterocycles. The van der Waals surface area contributed by atoms with Gasteiger partial charge < -0.3 is 20.8 Å². The van der Waals surface area contributed by atoms with Gasteiger partial charge in [0.25, 0.3) is 0 Å². The second-order valence-corrected chi connectivity index (χ2v) is 5.23. The number of aliphatic carboxylic acids is 1. The highest BCUT2D eigenvalue weighted by Crippen LogP contribution is 2.21. The van der Waals surface area contributed by atoms with E-state index in [0.29, 0.717) is 17.3 Å². The first-order chi connectivity index (χ1) is 8.52. The van der Waals surface area contributed by atoms with Gasteiger partial charge in [0.1, 0.15) is 0 Å². The molecule has 1 atom stereocenters. The Labute approximate surface area is 113 Å². The summed E-state index contributed by atoms with van der Waals surface area (Å²) in [6.07, 6.45) is 0.613. The van der Waals surface area contributed by atoms with Gasteiger partial charge in [-0.25, -0.2) is 9.59 Å². The molecule has 8 heteroatoms. The van der Waals surface area contributed by atoms with Gasteiger partial charge in [-0.15, -0.1) is 11.3 Å². The number of hydrogen-bond donors (Lipinski definition) is 4. The second kappa shape index (κ2) is 7.20. The fourth-order valence-corrected chi connectivity index (χ4v) is 2.27. The molecule has 1 aromatic rings. The number of urea groups is 1. The summed E-state index contributed by atoms with van der Waals surface area (Å²) in [4.78, 5) is 22.9. The molecule has 0 aliphatic rings. The Bertz CT molecular complexity index is 424. The van der Waals surface area contributed by atoms with Crippen LogP contribution >= 0.6 is 22.9 Å². The highest BCUT2D eigenvalue weighted by molar-refractivity contribution is 7.16. The molecule has 2 amide bonds. The van der Waals surface area contributed by atoms with E-state index in [1.54, 1.807) is 6.07 Å². The largest absolute Gasteiger partial charge is 0.480 e. The zero-order valence-electron chi connectivity index (χ0n) is 9.35. The number of aliphatic hydroxyl groups excluding tert-OH is 1. The van der Waals surface area contributed by atoms with Crippen LogP contribution < -0.4 is 10.6 Å². The van der Waals surface area contributed by atoms with Gasteiger partial charge in [-0.1, -0.05) is 11.6 Å². The van der Waals surface area contributed by atoms with Crippen LogP contribution in [0.25, 0.3) is 0 Å². The number of nitrogens with one attached hydrogen (secondary N) is 2. The average molecular weight is 293 g/mol. The van der Waals surface area contributed by atoms with Crippen LogP contribution in [0.4, 0.5) is 4.79 Å². The second-order valence-electron chi connectivity index (χ2n) is 3.43. The molecule has 4 N–H and O–H groups in total. The van der Waals surface area contributed by atoms with Gasteiger partial charge >= 0.3 is 12.0 Å². The number of carbonyl (C=O) groups excluding carboxylic acids is 1. The summed E-state index contributed by atoms with van der Waals surface area (Å²) >= 11 is 7.17. The lowest BCUT2D eigenvalue weighted by Crippen LogP contribution is -2.48. The molecule has 1 rings (SSSR count). The maximum atomic E-state index is 11.3. The van der Waals surface area contributed by atoms with Crippen molar-refractivity contribution in [1.82, 2.24) is 10.6 Å². The van der Waals surface area contributed by atoms with E-state index in [4.69, 9.17) is 21.8 Å². The van der Waals surface area contributed by atoms with E-state index in [9.17, 15) is 9.59 Å². The summed E-state index contributed by atoms with van der Waals surface area (Å²) in [6.45, 7) is -0.288. The van der Waals surface area contributed by atoms with Gasteiger partial charge in [0, 0.05) is 11.4 Å². The first-order valence-electron chi connectivity index (χ1n) is 5.15. The monoisotopic (exact) mass is 292 g/mol. The Kier molecular flexibility index (Phi) is 5.90. The zero-order chi connectivity index (χ0) is 13.5. The highest BCUT2D eigenvalue weighted by Gasteiger charge is 2.18. The van der Waals surface area contributed by atoms with Crippen molar-refractivity contribution in [2.45, 2.75) is 12.5 Å². The SMILES string of the molecule is O=C(NCCc1ccc(Cl)s1)NC(CO)C(=O)O. The molecule has 0 aromatic carbocycles. The van der Waals surface area contributed by atoms with Gasteiger partial charge in [-0.2, -0.15) is 0 Å². The molecule has 0 spiro atoms. The maximum Gasteiger partial charge on any atom is 0.328 e. The van der Waals surface area contributed by atoms with Gasteiger partial charge in [-0.05, 0) is 18.6 Å². The van der Waals surface area contributed by atoms with Crippen molar-refractivity contribution in [2.24, 2.45) is 0 Å². The van der Waals surface area contributed by atoms with Crippen LogP contribution in [-0.2, 0) is 11.2 Å². The van der Waals surface area contributed by atoms with Crippen LogP contribution in [0.1, 0.15) is 4.88 Å². The Morgan fingerprint density at radius 3 is 2.67 bits per heavy atom. The number of carboxylic acids is 1. The van der Waals surface area contributed by atoms with Crippen molar-refractivity contribution >= 4 is 34.9 Å².